The summed E-state index contributed by atoms with van der Waals surface area (Å²) in [6.07, 6.45) is 1.41. The number of nitrogens with one attached hydrogen (secondary N) is 1. The van der Waals surface area contributed by atoms with E-state index >= 15 is 0 Å². The van der Waals surface area contributed by atoms with Gasteiger partial charge in [0.1, 0.15) is 5.75 Å². The number of hydrazone groups is 1. The van der Waals surface area contributed by atoms with Crippen molar-refractivity contribution < 1.29 is 14.5 Å². The Kier molecular flexibility index (Phi) is 6.43. The van der Waals surface area contributed by atoms with E-state index in [1.807, 2.05) is 25.1 Å². The standard InChI is InChI=1S/C19H21N3O4/c1-13(2)16-7-4-14(3)18(10-16)26-12-19(23)21-20-11-15-5-8-17(9-6-15)22(24)25/h4-11,13H,12H2,1-3H3,(H,21,23)/b20-11-. The van der Waals surface area contributed by atoms with E-state index in [1.54, 1.807) is 12.1 Å². The number of carbonyl (C=O) groups is 1. The number of ether oxygens (including phenoxy) is 1. The molecule has 0 atom stereocenters. The van der Waals surface area contributed by atoms with Crippen LogP contribution in [0.5, 0.6) is 5.75 Å². The average Bonchev–Trinajstić information content (AvgIpc) is 2.61. The van der Waals surface area contributed by atoms with Crippen LogP contribution in [0.3, 0.4) is 0 Å². The summed E-state index contributed by atoms with van der Waals surface area (Å²) in [5.41, 5.74) is 5.10. The van der Waals surface area contributed by atoms with Crippen molar-refractivity contribution in [1.29, 1.82) is 0 Å². The average molecular weight is 355 g/mol. The Labute approximate surface area is 151 Å². The predicted octanol–water partition coefficient (Wildman–Crippen LogP) is 3.56. The zero-order valence-electron chi connectivity index (χ0n) is 14.9. The summed E-state index contributed by atoms with van der Waals surface area (Å²) >= 11 is 0. The second-order valence-electron chi connectivity index (χ2n) is 6.11. The maximum absolute atomic E-state index is 11.8. The van der Waals surface area contributed by atoms with Gasteiger partial charge in [-0.3, -0.25) is 14.9 Å². The molecule has 0 aliphatic heterocycles. The molecule has 7 heteroatoms. The summed E-state index contributed by atoms with van der Waals surface area (Å²) in [4.78, 5) is 22.0. The molecule has 0 bridgehead atoms. The zero-order chi connectivity index (χ0) is 19.1. The van der Waals surface area contributed by atoms with Crippen molar-refractivity contribution in [3.63, 3.8) is 0 Å². The third kappa shape index (κ3) is 5.41. The SMILES string of the molecule is Cc1ccc(C(C)C)cc1OCC(=O)N/N=C\c1ccc([N+](=O)[O-])cc1. The Morgan fingerprint density at radius 3 is 2.58 bits per heavy atom. The second-order valence-corrected chi connectivity index (χ2v) is 6.11. The maximum atomic E-state index is 11.8. The molecule has 0 aliphatic rings. The number of nitrogens with zero attached hydrogens (tertiary/aromatic N) is 2. The van der Waals surface area contributed by atoms with Crippen molar-refractivity contribution >= 4 is 17.8 Å². The van der Waals surface area contributed by atoms with Gasteiger partial charge < -0.3 is 4.74 Å². The summed E-state index contributed by atoms with van der Waals surface area (Å²) in [6.45, 7) is 5.95. The highest BCUT2D eigenvalue weighted by molar-refractivity contribution is 5.83. The number of aryl methyl sites for hydroxylation is 1. The van der Waals surface area contributed by atoms with Gasteiger partial charge >= 0.3 is 0 Å². The van der Waals surface area contributed by atoms with Gasteiger partial charge in [0.05, 0.1) is 11.1 Å². The van der Waals surface area contributed by atoms with Crippen LogP contribution in [0.25, 0.3) is 0 Å². The van der Waals surface area contributed by atoms with Gasteiger partial charge in [0.25, 0.3) is 11.6 Å². The first-order chi connectivity index (χ1) is 12.4. The number of hydrogen-bond donors (Lipinski definition) is 1. The van der Waals surface area contributed by atoms with Gasteiger partial charge in [-0.15, -0.1) is 0 Å². The van der Waals surface area contributed by atoms with E-state index in [-0.39, 0.29) is 12.3 Å². The van der Waals surface area contributed by atoms with E-state index in [0.717, 1.165) is 11.1 Å². The molecule has 136 valence electrons. The van der Waals surface area contributed by atoms with Gasteiger partial charge in [0, 0.05) is 12.1 Å². The molecule has 0 fully saturated rings. The summed E-state index contributed by atoms with van der Waals surface area (Å²) in [5, 5.41) is 14.4. The van der Waals surface area contributed by atoms with Crippen LogP contribution in [0.1, 0.15) is 36.5 Å². The van der Waals surface area contributed by atoms with Gasteiger partial charge in [-0.2, -0.15) is 5.10 Å². The number of non-ortho nitro benzene ring substituents is 1. The highest BCUT2D eigenvalue weighted by Gasteiger charge is 2.07. The Balaban J connectivity index is 1.87. The minimum atomic E-state index is -0.476. The van der Waals surface area contributed by atoms with Crippen LogP contribution in [-0.2, 0) is 4.79 Å². The van der Waals surface area contributed by atoms with E-state index in [0.29, 0.717) is 17.2 Å². The summed E-state index contributed by atoms with van der Waals surface area (Å²) in [5.74, 6) is 0.654. The van der Waals surface area contributed by atoms with Crippen LogP contribution in [0, 0.1) is 17.0 Å². The van der Waals surface area contributed by atoms with Gasteiger partial charge in [-0.1, -0.05) is 26.0 Å². The molecule has 0 heterocycles. The van der Waals surface area contributed by atoms with E-state index in [2.05, 4.69) is 24.4 Å². The second kappa shape index (κ2) is 8.75. The quantitative estimate of drug-likeness (QED) is 0.467. The Hall–Kier alpha value is -3.22. The predicted molar refractivity (Wildman–Crippen MR) is 99.6 cm³/mol. The molecule has 7 nitrogen and oxygen atoms in total. The van der Waals surface area contributed by atoms with Crippen LogP contribution in [-0.4, -0.2) is 23.7 Å². The third-order valence-corrected chi connectivity index (χ3v) is 3.74. The molecular weight excluding hydrogens is 334 g/mol. The molecule has 0 radical (unpaired) electrons. The lowest BCUT2D eigenvalue weighted by molar-refractivity contribution is -0.384. The van der Waals surface area contributed by atoms with Crippen LogP contribution in [0.4, 0.5) is 5.69 Å². The van der Waals surface area contributed by atoms with Gasteiger partial charge in [-0.05, 0) is 47.7 Å². The fourth-order valence-corrected chi connectivity index (χ4v) is 2.17. The van der Waals surface area contributed by atoms with Crippen LogP contribution < -0.4 is 10.2 Å². The summed E-state index contributed by atoms with van der Waals surface area (Å²) in [7, 11) is 0. The number of nitro groups is 1. The molecule has 2 aromatic rings. The van der Waals surface area contributed by atoms with E-state index in [9.17, 15) is 14.9 Å². The molecule has 0 aliphatic carbocycles. The first-order valence-electron chi connectivity index (χ1n) is 8.16. The molecule has 0 saturated heterocycles. The normalized spacial score (nSPS) is 10.9. The monoisotopic (exact) mass is 355 g/mol. The molecule has 2 aromatic carbocycles. The number of hydrogen-bond acceptors (Lipinski definition) is 5. The minimum absolute atomic E-state index is 0.00131. The molecular formula is C19H21N3O4. The number of amides is 1. The largest absolute Gasteiger partial charge is 0.483 e. The molecule has 26 heavy (non-hydrogen) atoms. The minimum Gasteiger partial charge on any atom is -0.483 e. The van der Waals surface area contributed by atoms with E-state index in [1.165, 1.54) is 18.3 Å². The Bertz CT molecular complexity index is 814. The Morgan fingerprint density at radius 1 is 1.27 bits per heavy atom. The van der Waals surface area contributed by atoms with Gasteiger partial charge in [0.15, 0.2) is 6.61 Å². The molecule has 1 amide bonds. The lowest BCUT2D eigenvalue weighted by atomic mass is 10.0. The molecule has 0 saturated carbocycles. The summed E-state index contributed by atoms with van der Waals surface area (Å²) < 4.78 is 5.57. The number of rotatable bonds is 7. The van der Waals surface area contributed by atoms with E-state index in [4.69, 9.17) is 4.74 Å². The number of nitro benzene ring substituents is 1. The molecule has 0 unspecified atom stereocenters. The summed E-state index contributed by atoms with van der Waals surface area (Å²) in [6, 6.07) is 11.8. The lowest BCUT2D eigenvalue weighted by Crippen LogP contribution is -2.24. The first kappa shape index (κ1) is 19.1. The zero-order valence-corrected chi connectivity index (χ0v) is 14.9. The number of carbonyl (C=O) groups excluding carboxylic acids is 1. The van der Waals surface area contributed by atoms with Crippen LogP contribution in [0.15, 0.2) is 47.6 Å². The topological polar surface area (TPSA) is 93.8 Å². The van der Waals surface area contributed by atoms with Crippen molar-refractivity contribution in [2.45, 2.75) is 26.7 Å². The third-order valence-electron chi connectivity index (χ3n) is 3.74. The molecule has 1 N–H and O–H groups in total. The highest BCUT2D eigenvalue weighted by Crippen LogP contribution is 2.24. The van der Waals surface area contributed by atoms with Crippen molar-refractivity contribution in [2.75, 3.05) is 6.61 Å². The van der Waals surface area contributed by atoms with Crippen molar-refractivity contribution in [3.05, 3.63) is 69.3 Å². The fourth-order valence-electron chi connectivity index (χ4n) is 2.17. The lowest BCUT2D eigenvalue weighted by Gasteiger charge is -2.12. The van der Waals surface area contributed by atoms with Gasteiger partial charge in [0.2, 0.25) is 0 Å². The smallest absolute Gasteiger partial charge is 0.277 e. The highest BCUT2D eigenvalue weighted by atomic mass is 16.6. The fraction of sp³-hybridized carbons (Fsp3) is 0.263. The van der Waals surface area contributed by atoms with Crippen molar-refractivity contribution in [3.8, 4) is 5.75 Å². The van der Waals surface area contributed by atoms with Crippen LogP contribution in [0.2, 0.25) is 0 Å². The van der Waals surface area contributed by atoms with Crippen LogP contribution >= 0.6 is 0 Å². The molecule has 0 spiro atoms. The van der Waals surface area contributed by atoms with Crippen molar-refractivity contribution in [1.82, 2.24) is 5.43 Å². The van der Waals surface area contributed by atoms with E-state index < -0.39 is 10.8 Å². The van der Waals surface area contributed by atoms with Gasteiger partial charge in [-0.25, -0.2) is 5.43 Å². The number of benzene rings is 2. The maximum Gasteiger partial charge on any atom is 0.277 e. The first-order valence-corrected chi connectivity index (χ1v) is 8.16. The molecule has 0 aromatic heterocycles. The Morgan fingerprint density at radius 2 is 1.96 bits per heavy atom. The molecule has 2 rings (SSSR count). The van der Waals surface area contributed by atoms with Crippen molar-refractivity contribution in [2.24, 2.45) is 5.10 Å².